The highest BCUT2D eigenvalue weighted by molar-refractivity contribution is 6.28. The molecule has 4 aromatic carbocycles. The second kappa shape index (κ2) is 32.7. The number of nitrogens with two attached hydrogens (primary N) is 2. The number of benzene rings is 4. The van der Waals surface area contributed by atoms with Crippen molar-refractivity contribution < 1.29 is 34.3 Å². The molecule has 7 N–H and O–H groups in total. The van der Waals surface area contributed by atoms with Gasteiger partial charge in [-0.2, -0.15) is 5.26 Å². The van der Waals surface area contributed by atoms with Gasteiger partial charge in [-0.05, 0) is 92.8 Å². The summed E-state index contributed by atoms with van der Waals surface area (Å²) in [5, 5.41) is 23.4. The molecule has 0 saturated heterocycles. The first kappa shape index (κ1) is 64.6. The first-order valence-corrected chi connectivity index (χ1v) is 23.9. The fourth-order valence-corrected chi connectivity index (χ4v) is 7.46. The van der Waals surface area contributed by atoms with Gasteiger partial charge in [0.15, 0.2) is 0 Å². The van der Waals surface area contributed by atoms with Crippen LogP contribution in [0.2, 0.25) is 5.28 Å². The van der Waals surface area contributed by atoms with Crippen LogP contribution in [0.5, 0.6) is 0 Å². The van der Waals surface area contributed by atoms with Crippen LogP contribution in [0, 0.1) is 11.3 Å². The molecule has 19 heteroatoms. The Labute approximate surface area is 456 Å². The Balaban J connectivity index is 0.000000333. The molecule has 3 aliphatic carbocycles. The van der Waals surface area contributed by atoms with Gasteiger partial charge in [-0.15, -0.1) is 12.4 Å². The maximum atomic E-state index is 11.6. The lowest BCUT2D eigenvalue weighted by Gasteiger charge is -2.14. The molecule has 76 heavy (non-hydrogen) atoms. The predicted octanol–water partition coefficient (Wildman–Crippen LogP) is 10.3. The lowest BCUT2D eigenvalue weighted by atomic mass is 9.92. The number of esters is 2. The number of hydrogen-bond donors (Lipinski definition) is 5. The third-order valence-electron chi connectivity index (χ3n) is 11.9. The van der Waals surface area contributed by atoms with Crippen molar-refractivity contribution in [3.05, 3.63) is 214 Å². The van der Waals surface area contributed by atoms with Crippen molar-refractivity contribution in [1.82, 2.24) is 35.4 Å². The third kappa shape index (κ3) is 19.9. The molecule has 3 aliphatic rings. The molecule has 0 bridgehead atoms. The fourth-order valence-electron chi connectivity index (χ4n) is 7.36. The molecule has 0 spiro atoms. The van der Waals surface area contributed by atoms with Gasteiger partial charge in [0.2, 0.25) is 5.28 Å². The predicted molar refractivity (Wildman–Crippen MR) is 294 cm³/mol. The molecular weight excluding hydrogens is 1010 g/mol. The maximum absolute atomic E-state index is 11.6. The number of rotatable bonds is 12. The van der Waals surface area contributed by atoms with E-state index in [-0.39, 0.29) is 60.4 Å². The Morgan fingerprint density at radius 3 is 1.21 bits per heavy atom. The number of amides is 1. The Bertz CT molecular complexity index is 2800. The second-order valence-corrected chi connectivity index (χ2v) is 17.4. The molecule has 402 valence electrons. The van der Waals surface area contributed by atoms with Gasteiger partial charge in [-0.1, -0.05) is 124 Å². The van der Waals surface area contributed by atoms with E-state index in [1.165, 1.54) is 54.3 Å². The molecule has 0 aliphatic heterocycles. The number of hydroxylamine groups is 1. The zero-order valence-corrected chi connectivity index (χ0v) is 42.7. The van der Waals surface area contributed by atoms with E-state index in [2.05, 4.69) is 84.3 Å². The minimum Gasteiger partial charge on any atom is -0.462 e. The first-order chi connectivity index (χ1) is 35.4. The Hall–Kier alpha value is -7.56. The molecule has 3 fully saturated rings. The van der Waals surface area contributed by atoms with E-state index >= 15 is 0 Å². The van der Waals surface area contributed by atoms with Crippen LogP contribution in [0.15, 0.2) is 159 Å². The van der Waals surface area contributed by atoms with Crippen molar-refractivity contribution in [2.24, 2.45) is 11.6 Å². The molecule has 3 saturated carbocycles. The number of aromatic nitrogens is 6. The lowest BCUT2D eigenvalue weighted by molar-refractivity contribution is 0.0515. The third-order valence-corrected chi connectivity index (χ3v) is 12.1. The molecule has 1 amide bonds. The van der Waals surface area contributed by atoms with Crippen LogP contribution in [0.3, 0.4) is 0 Å². The van der Waals surface area contributed by atoms with E-state index in [1.54, 1.807) is 43.9 Å². The lowest BCUT2D eigenvalue weighted by Crippen LogP contribution is -2.20. The number of nitrogens with one attached hydrogen (secondary N) is 1. The standard InChI is InChI=1S/C17H18N2O2.C15H15N3O2.C9H11N.C7H7ClN2O2.C7H5N.2CH4.ClH.H3NO/c1-2-21-16(20)13-11-18-15(19-12-13)10-17(8-9-17)14-6-4-3-5-7-14;19-14(18-20)11-9-16-13(17-10-11)8-15(6-7-15)12-4-2-1-3-5-12;10-9(6-7-9)8-4-2-1-3-5-8;1-2-12-6(11)5-3-9-7(8)10-4-5;8-6-7-4-2-1-3-5-7;;;;1-2/h3-7,11-12H,2,8-10H2,1H3;1-5,9-10,20H,6-8H2,(H,18,19);1-5H,6-7,10H2;3-4H,2H2,1H3;1-5H;2*1H4;1H;2H,1H2. The number of nitriles is 1. The monoisotopic (exact) mass is 1070 g/mol. The van der Waals surface area contributed by atoms with Gasteiger partial charge in [0.1, 0.15) is 11.6 Å². The van der Waals surface area contributed by atoms with Crippen molar-refractivity contribution in [3.63, 3.8) is 0 Å². The smallest absolute Gasteiger partial charge is 0.341 e. The van der Waals surface area contributed by atoms with Crippen LogP contribution in [0.25, 0.3) is 0 Å². The van der Waals surface area contributed by atoms with Crippen molar-refractivity contribution in [2.75, 3.05) is 13.2 Å². The van der Waals surface area contributed by atoms with Crippen LogP contribution in [-0.4, -0.2) is 71.4 Å². The number of hydrogen-bond acceptors (Lipinski definition) is 16. The van der Waals surface area contributed by atoms with E-state index in [4.69, 9.17) is 42.5 Å². The summed E-state index contributed by atoms with van der Waals surface area (Å²) in [6, 6.07) is 42.4. The number of ether oxygens (including phenoxy) is 2. The molecule has 0 radical (unpaired) electrons. The summed E-state index contributed by atoms with van der Waals surface area (Å²) < 4.78 is 9.64. The van der Waals surface area contributed by atoms with Gasteiger partial charge in [0.25, 0.3) is 5.91 Å². The number of nitrogens with zero attached hydrogens (tertiary/aromatic N) is 7. The average molecular weight is 1080 g/mol. The van der Waals surface area contributed by atoms with Crippen molar-refractivity contribution in [3.8, 4) is 6.07 Å². The van der Waals surface area contributed by atoms with Gasteiger partial charge in [-0.25, -0.2) is 50.9 Å². The summed E-state index contributed by atoms with van der Waals surface area (Å²) in [6.45, 7) is 4.21. The molecule has 0 unspecified atom stereocenters. The molecule has 7 aromatic rings. The summed E-state index contributed by atoms with van der Waals surface area (Å²) in [6.07, 6.45) is 17.2. The summed E-state index contributed by atoms with van der Waals surface area (Å²) in [5.41, 5.74) is 13.6. The van der Waals surface area contributed by atoms with Crippen LogP contribution < -0.4 is 17.1 Å². The highest BCUT2D eigenvalue weighted by atomic mass is 35.5. The number of carbonyl (C=O) groups excluding carboxylic acids is 3. The van der Waals surface area contributed by atoms with Crippen molar-refractivity contribution in [2.45, 2.75) is 96.4 Å². The fraction of sp³-hybridized carbons (Fsp3) is 0.298. The molecule has 17 nitrogen and oxygen atoms in total. The molecule has 3 heterocycles. The quantitative estimate of drug-likeness (QED) is 0.0329. The van der Waals surface area contributed by atoms with Gasteiger partial charge in [0, 0.05) is 66.4 Å². The average Bonchev–Trinajstić information content (AvgIpc) is 4.39. The van der Waals surface area contributed by atoms with E-state index in [0.717, 1.165) is 50.2 Å². The van der Waals surface area contributed by atoms with E-state index in [0.29, 0.717) is 29.9 Å². The topological polar surface area (TPSA) is 275 Å². The maximum Gasteiger partial charge on any atom is 0.341 e. The zero-order valence-electron chi connectivity index (χ0n) is 41.1. The zero-order chi connectivity index (χ0) is 52.5. The van der Waals surface area contributed by atoms with Crippen LogP contribution >= 0.6 is 24.0 Å². The first-order valence-electron chi connectivity index (χ1n) is 23.5. The van der Waals surface area contributed by atoms with Crippen LogP contribution in [-0.2, 0) is 38.7 Å². The van der Waals surface area contributed by atoms with Gasteiger partial charge >= 0.3 is 11.9 Å². The highest BCUT2D eigenvalue weighted by Crippen LogP contribution is 2.51. The molecular formula is C57H68Cl2N10O7. The van der Waals surface area contributed by atoms with Gasteiger partial charge in [0.05, 0.1) is 41.5 Å². The Morgan fingerprint density at radius 2 is 0.908 bits per heavy atom. The Morgan fingerprint density at radius 1 is 0.579 bits per heavy atom. The largest absolute Gasteiger partial charge is 0.462 e. The number of halogens is 2. The second-order valence-electron chi connectivity index (χ2n) is 17.0. The molecule has 0 atom stereocenters. The molecule has 3 aromatic heterocycles. The number of carbonyl (C=O) groups is 3. The van der Waals surface area contributed by atoms with E-state index in [9.17, 15) is 14.4 Å². The van der Waals surface area contributed by atoms with Gasteiger partial charge in [-0.3, -0.25) is 10.0 Å². The minimum absolute atomic E-state index is 0. The van der Waals surface area contributed by atoms with Crippen LogP contribution in [0.1, 0.15) is 132 Å². The van der Waals surface area contributed by atoms with Gasteiger partial charge < -0.3 is 20.4 Å². The summed E-state index contributed by atoms with van der Waals surface area (Å²) in [7, 11) is 0. The Kier molecular flexibility index (Phi) is 27.8. The highest BCUT2D eigenvalue weighted by Gasteiger charge is 2.45. The van der Waals surface area contributed by atoms with E-state index < -0.39 is 11.9 Å². The van der Waals surface area contributed by atoms with E-state index in [1.807, 2.05) is 66.7 Å². The summed E-state index contributed by atoms with van der Waals surface area (Å²) in [4.78, 5) is 58.1. The van der Waals surface area contributed by atoms with Crippen LogP contribution in [0.4, 0.5) is 0 Å². The summed E-state index contributed by atoms with van der Waals surface area (Å²) >= 11 is 5.42. The SMILES string of the molecule is C.C.CCOC(=O)c1cnc(CC2(c3ccccc3)CC2)nc1.CCOC(=O)c1cnc(Cl)nc1.Cl.N#Cc1ccccc1.NC1(c2ccccc2)CC1.NO.O=C(NO)c1cnc(CC2(c3ccccc3)CC2)nc1. The normalized spacial score (nSPS) is 13.5. The van der Waals surface area contributed by atoms with Crippen molar-refractivity contribution >= 4 is 41.9 Å². The van der Waals surface area contributed by atoms with Crippen molar-refractivity contribution in [1.29, 1.82) is 5.26 Å². The summed E-state index contributed by atoms with van der Waals surface area (Å²) in [5.74, 6) is 3.61. The minimum atomic E-state index is -0.597. The molecule has 10 rings (SSSR count).